The highest BCUT2D eigenvalue weighted by atomic mass is 19.1. The lowest BCUT2D eigenvalue weighted by Gasteiger charge is -2.40. The zero-order valence-electron chi connectivity index (χ0n) is 23.1. The van der Waals surface area contributed by atoms with Crippen LogP contribution in [0.4, 0.5) is 25.1 Å². The molecule has 0 spiro atoms. The Bertz CT molecular complexity index is 1640. The smallest absolute Gasteiger partial charge is 0.414 e. The van der Waals surface area contributed by atoms with Gasteiger partial charge in [0, 0.05) is 25.2 Å². The van der Waals surface area contributed by atoms with Gasteiger partial charge in [0.15, 0.2) is 23.2 Å². The molecule has 3 aromatic rings. The number of aromatic carboxylic acids is 1. The van der Waals surface area contributed by atoms with Gasteiger partial charge < -0.3 is 29.4 Å². The van der Waals surface area contributed by atoms with Crippen LogP contribution in [-0.4, -0.2) is 71.0 Å². The number of nitrogens with one attached hydrogen (secondary N) is 1. The minimum atomic E-state index is -1.40. The molecule has 12 nitrogen and oxygen atoms in total. The number of hydrogen-bond acceptors (Lipinski definition) is 8. The molecule has 2 aliphatic rings. The lowest BCUT2D eigenvalue weighted by molar-refractivity contribution is -0.119. The van der Waals surface area contributed by atoms with E-state index < -0.39 is 46.9 Å². The minimum Gasteiger partial charge on any atom is -0.484 e. The summed E-state index contributed by atoms with van der Waals surface area (Å²) in [7, 11) is 0. The Balaban J connectivity index is 1.29. The van der Waals surface area contributed by atoms with Crippen molar-refractivity contribution >= 4 is 40.5 Å². The van der Waals surface area contributed by atoms with Crippen molar-refractivity contribution in [2.24, 2.45) is 0 Å². The van der Waals surface area contributed by atoms with Gasteiger partial charge in [-0.2, -0.15) is 0 Å². The second-order valence-electron chi connectivity index (χ2n) is 10.3. The maximum atomic E-state index is 15.1. The molecule has 2 fully saturated rings. The first kappa shape index (κ1) is 28.8. The van der Waals surface area contributed by atoms with Crippen molar-refractivity contribution in [3.8, 4) is 5.75 Å². The van der Waals surface area contributed by atoms with Gasteiger partial charge >= 0.3 is 12.1 Å². The van der Waals surface area contributed by atoms with E-state index in [-0.39, 0.29) is 66.4 Å². The summed E-state index contributed by atoms with van der Waals surface area (Å²) >= 11 is 0. The number of hydrogen-bond donors (Lipinski definition) is 2. The van der Waals surface area contributed by atoms with Crippen LogP contribution in [0.3, 0.4) is 0 Å². The number of halogens is 2. The van der Waals surface area contributed by atoms with Crippen molar-refractivity contribution in [2.75, 3.05) is 36.0 Å². The summed E-state index contributed by atoms with van der Waals surface area (Å²) < 4.78 is 42.6. The van der Waals surface area contributed by atoms with Crippen molar-refractivity contribution < 1.29 is 37.7 Å². The maximum Gasteiger partial charge on any atom is 0.414 e. The van der Waals surface area contributed by atoms with Crippen molar-refractivity contribution in [1.82, 2.24) is 14.9 Å². The summed E-state index contributed by atoms with van der Waals surface area (Å²) in [5, 5.41) is 11.9. The molecule has 0 saturated carbocycles. The van der Waals surface area contributed by atoms with Gasteiger partial charge in [-0.3, -0.25) is 14.5 Å². The molecular formula is C28H29F2N5O7. The number of carbonyl (C=O) groups is 3. The Morgan fingerprint density at radius 2 is 1.93 bits per heavy atom. The third-order valence-corrected chi connectivity index (χ3v) is 7.36. The molecule has 42 heavy (non-hydrogen) atoms. The fraction of sp³-hybridized carbons (Fsp3) is 0.393. The standard InChI is InChI=1S/C28H29F2N5O7/c1-4-14(2)34-13-20(27(38)39)24(37)19-8-22(30)26(32-25(19)34)33-10-18(11-33)41-23-6-5-16(7-21(23)29)35-12-17(42-28(35)40)9-31-15(3)36/h5-8,13-14,17-18H,4,9-12H2,1-3H3,(H,31,36)(H,38,39)/t14?,17-/m0/s1. The predicted molar refractivity (Wildman–Crippen MR) is 147 cm³/mol. The first-order valence-corrected chi connectivity index (χ1v) is 13.4. The van der Waals surface area contributed by atoms with Crippen LogP contribution in [0.25, 0.3) is 11.0 Å². The molecule has 2 atom stereocenters. The molecule has 14 heteroatoms. The van der Waals surface area contributed by atoms with Crippen LogP contribution in [0.2, 0.25) is 0 Å². The fourth-order valence-corrected chi connectivity index (χ4v) is 4.86. The third-order valence-electron chi connectivity index (χ3n) is 7.36. The zero-order valence-corrected chi connectivity index (χ0v) is 23.1. The molecule has 5 rings (SSSR count). The van der Waals surface area contributed by atoms with Crippen molar-refractivity contribution in [2.45, 2.75) is 45.4 Å². The Morgan fingerprint density at radius 1 is 1.19 bits per heavy atom. The number of amides is 2. The molecule has 222 valence electrons. The highest BCUT2D eigenvalue weighted by molar-refractivity contribution is 5.92. The van der Waals surface area contributed by atoms with E-state index >= 15 is 4.39 Å². The van der Waals surface area contributed by atoms with Gasteiger partial charge in [-0.25, -0.2) is 23.4 Å². The van der Waals surface area contributed by atoms with E-state index in [0.29, 0.717) is 6.42 Å². The molecular weight excluding hydrogens is 556 g/mol. The number of benzene rings is 1. The summed E-state index contributed by atoms with van der Waals surface area (Å²) in [6.07, 6.45) is 0.133. The second kappa shape index (κ2) is 11.3. The number of anilines is 2. The van der Waals surface area contributed by atoms with Crippen LogP contribution in [0, 0.1) is 11.6 Å². The number of aromatic nitrogens is 2. The van der Waals surface area contributed by atoms with Crippen molar-refractivity contribution in [3.05, 3.63) is 57.9 Å². The molecule has 1 unspecified atom stereocenters. The molecule has 2 N–H and O–H groups in total. The summed E-state index contributed by atoms with van der Waals surface area (Å²) in [6, 6.07) is 4.85. The molecule has 0 radical (unpaired) electrons. The van der Waals surface area contributed by atoms with Crippen LogP contribution < -0.4 is 25.3 Å². The Morgan fingerprint density at radius 3 is 2.57 bits per heavy atom. The first-order chi connectivity index (χ1) is 20.0. The van der Waals surface area contributed by atoms with Gasteiger partial charge in [0.05, 0.1) is 37.3 Å². The molecule has 2 aliphatic heterocycles. The van der Waals surface area contributed by atoms with E-state index in [4.69, 9.17) is 9.47 Å². The summed E-state index contributed by atoms with van der Waals surface area (Å²) in [6.45, 7) is 5.73. The lowest BCUT2D eigenvalue weighted by Crippen LogP contribution is -2.54. The van der Waals surface area contributed by atoms with Crippen LogP contribution in [0.15, 0.2) is 35.3 Å². The largest absolute Gasteiger partial charge is 0.484 e. The van der Waals surface area contributed by atoms with Crippen molar-refractivity contribution in [3.63, 3.8) is 0 Å². The SMILES string of the molecule is CCC(C)n1cc(C(=O)O)c(=O)c2cc(F)c(N3CC(Oc4ccc(N5C[C@H](CNC(C)=O)OC5=O)cc4F)C3)nc21. The number of nitrogens with zero attached hydrogens (tertiary/aromatic N) is 4. The topological polar surface area (TPSA) is 143 Å². The van der Waals surface area contributed by atoms with Gasteiger partial charge in [-0.1, -0.05) is 6.92 Å². The Hall–Kier alpha value is -4.75. The molecule has 1 aromatic carbocycles. The third kappa shape index (κ3) is 5.43. The number of fused-ring (bicyclic) bond motifs is 1. The van der Waals surface area contributed by atoms with E-state index in [1.54, 1.807) is 9.47 Å². The summed E-state index contributed by atoms with van der Waals surface area (Å²) in [5.74, 6) is -3.24. The molecule has 0 aliphatic carbocycles. The van der Waals surface area contributed by atoms with Gasteiger partial charge in [-0.15, -0.1) is 0 Å². The Kier molecular flexibility index (Phi) is 7.71. The number of pyridine rings is 2. The molecule has 2 aromatic heterocycles. The average Bonchev–Trinajstić information content (AvgIpc) is 3.30. The number of rotatable bonds is 9. The van der Waals surface area contributed by atoms with Gasteiger partial charge in [-0.05, 0) is 31.5 Å². The summed E-state index contributed by atoms with van der Waals surface area (Å²) in [4.78, 5) is 54.9. The van der Waals surface area contributed by atoms with Crippen LogP contribution >= 0.6 is 0 Å². The first-order valence-electron chi connectivity index (χ1n) is 13.4. The zero-order chi connectivity index (χ0) is 30.3. The number of carboxylic acid groups (broad SMARTS) is 1. The minimum absolute atomic E-state index is 0.0286. The fourth-order valence-electron chi connectivity index (χ4n) is 4.86. The monoisotopic (exact) mass is 585 g/mol. The quantitative estimate of drug-likeness (QED) is 0.387. The van der Waals surface area contributed by atoms with E-state index in [1.807, 2.05) is 13.8 Å². The Labute approximate surface area is 238 Å². The van der Waals surface area contributed by atoms with E-state index in [2.05, 4.69) is 10.3 Å². The van der Waals surface area contributed by atoms with E-state index in [1.165, 1.54) is 30.2 Å². The lowest BCUT2D eigenvalue weighted by atomic mass is 10.1. The van der Waals surface area contributed by atoms with Gasteiger partial charge in [0.1, 0.15) is 23.4 Å². The van der Waals surface area contributed by atoms with Gasteiger partial charge in [0.25, 0.3) is 0 Å². The van der Waals surface area contributed by atoms with E-state index in [0.717, 1.165) is 12.1 Å². The number of carbonyl (C=O) groups excluding carboxylic acids is 2. The molecule has 2 amide bonds. The van der Waals surface area contributed by atoms with Crippen LogP contribution in [0.1, 0.15) is 43.6 Å². The van der Waals surface area contributed by atoms with Crippen molar-refractivity contribution in [1.29, 1.82) is 0 Å². The average molecular weight is 586 g/mol. The number of cyclic esters (lactones) is 1. The van der Waals surface area contributed by atoms with Crippen LogP contribution in [0.5, 0.6) is 5.75 Å². The predicted octanol–water partition coefficient (Wildman–Crippen LogP) is 3.07. The number of ether oxygens (including phenoxy) is 2. The maximum absolute atomic E-state index is 15.1. The highest BCUT2D eigenvalue weighted by Crippen LogP contribution is 2.31. The van der Waals surface area contributed by atoms with E-state index in [9.17, 15) is 28.7 Å². The highest BCUT2D eigenvalue weighted by Gasteiger charge is 2.35. The molecule has 4 heterocycles. The number of carboxylic acids is 1. The van der Waals surface area contributed by atoms with Gasteiger partial charge in [0.2, 0.25) is 11.3 Å². The normalized spacial score (nSPS) is 17.6. The second-order valence-corrected chi connectivity index (χ2v) is 10.3. The molecule has 0 bridgehead atoms. The summed E-state index contributed by atoms with van der Waals surface area (Å²) in [5.41, 5.74) is -0.842. The van der Waals surface area contributed by atoms with Crippen LogP contribution in [-0.2, 0) is 9.53 Å². The molecule has 2 saturated heterocycles.